The van der Waals surface area contributed by atoms with Crippen LogP contribution in [0.25, 0.3) is 11.3 Å². The molecule has 2 atom stereocenters. The highest BCUT2D eigenvalue weighted by atomic mass is 35.5. The number of pyridine rings is 1. The van der Waals surface area contributed by atoms with E-state index >= 15 is 0 Å². The Bertz CT molecular complexity index is 1110. The topological polar surface area (TPSA) is 77.5 Å². The van der Waals surface area contributed by atoms with Gasteiger partial charge in [-0.15, -0.1) is 12.4 Å². The van der Waals surface area contributed by atoms with Gasteiger partial charge in [0.2, 0.25) is 0 Å². The summed E-state index contributed by atoms with van der Waals surface area (Å²) >= 11 is 0. The van der Waals surface area contributed by atoms with Gasteiger partial charge in [0.15, 0.2) is 0 Å². The molecule has 2 heterocycles. The molecule has 186 valence electrons. The second-order valence-corrected chi connectivity index (χ2v) is 7.73. The van der Waals surface area contributed by atoms with Gasteiger partial charge >= 0.3 is 11.9 Å². The average Bonchev–Trinajstić information content (AvgIpc) is 2.89. The number of hydrogen-bond acceptors (Lipinski definition) is 6. The average molecular weight is 505 g/mol. The van der Waals surface area contributed by atoms with Gasteiger partial charge in [-0.1, -0.05) is 12.1 Å². The Morgan fingerprint density at radius 2 is 1.57 bits per heavy atom. The summed E-state index contributed by atoms with van der Waals surface area (Å²) in [6.45, 7) is 0.780. The highest BCUT2D eigenvalue weighted by Crippen LogP contribution is 2.28. The fraction of sp³-hybridized carbons (Fsp3) is 0.269. The molecule has 1 aliphatic rings. The van der Waals surface area contributed by atoms with Crippen molar-refractivity contribution in [2.24, 2.45) is 5.92 Å². The van der Waals surface area contributed by atoms with Crippen LogP contribution in [-0.2, 0) is 14.3 Å². The van der Waals surface area contributed by atoms with E-state index in [1.165, 1.54) is 44.7 Å². The maximum absolute atomic E-state index is 12.8. The minimum Gasteiger partial charge on any atom is -0.469 e. The molecule has 9 heteroatoms. The fourth-order valence-electron chi connectivity index (χ4n) is 3.70. The molecule has 1 aromatic heterocycles. The van der Waals surface area contributed by atoms with Crippen LogP contribution < -0.4 is 5.32 Å². The Kier molecular flexibility index (Phi) is 10.8. The van der Waals surface area contributed by atoms with Crippen molar-refractivity contribution >= 4 is 24.3 Å². The number of nitrogens with zero attached hydrogens (tertiary/aromatic N) is 1. The number of esters is 2. The molecule has 1 aliphatic heterocycles. The van der Waals surface area contributed by atoms with Gasteiger partial charge in [0.25, 0.3) is 0 Å². The van der Waals surface area contributed by atoms with Crippen LogP contribution in [0.5, 0.6) is 0 Å². The third kappa shape index (κ3) is 7.83. The number of carbonyl (C=O) groups is 2. The Morgan fingerprint density at radius 3 is 2.17 bits per heavy atom. The van der Waals surface area contributed by atoms with Crippen molar-refractivity contribution in [2.75, 3.05) is 20.8 Å². The van der Waals surface area contributed by atoms with Crippen molar-refractivity contribution in [1.29, 1.82) is 0 Å². The molecular formula is C26H27ClF2N2O4. The van der Waals surface area contributed by atoms with Gasteiger partial charge in [0.1, 0.15) is 11.6 Å². The van der Waals surface area contributed by atoms with Crippen molar-refractivity contribution in [3.05, 3.63) is 89.6 Å². The van der Waals surface area contributed by atoms with E-state index in [2.05, 4.69) is 15.0 Å². The number of halogens is 3. The Labute approximate surface area is 209 Å². The predicted octanol–water partition coefficient (Wildman–Crippen LogP) is 5.14. The number of piperidine rings is 1. The molecule has 4 rings (SSSR count). The van der Waals surface area contributed by atoms with E-state index in [-0.39, 0.29) is 42.0 Å². The minimum absolute atomic E-state index is 0. The minimum atomic E-state index is -0.421. The highest BCUT2D eigenvalue weighted by Gasteiger charge is 2.28. The second-order valence-electron chi connectivity index (χ2n) is 7.73. The number of methoxy groups -OCH3 is 2. The molecule has 6 nitrogen and oxygen atoms in total. The van der Waals surface area contributed by atoms with E-state index in [1.807, 2.05) is 0 Å². The van der Waals surface area contributed by atoms with E-state index < -0.39 is 5.97 Å². The van der Waals surface area contributed by atoms with Gasteiger partial charge in [0.05, 0.1) is 31.4 Å². The predicted molar refractivity (Wildman–Crippen MR) is 130 cm³/mol. The van der Waals surface area contributed by atoms with Crippen molar-refractivity contribution < 1.29 is 27.8 Å². The number of aromatic nitrogens is 1. The SMILES string of the molecule is COC(=O)C1CCNC(c2ccc(F)cc2)C1.COC(=O)c1ccnc(-c2ccc(F)cc2)c1.Cl. The molecule has 2 unspecified atom stereocenters. The molecule has 2 aromatic carbocycles. The summed E-state index contributed by atoms with van der Waals surface area (Å²) in [5.74, 6) is -1.18. The number of benzene rings is 2. The first-order valence-electron chi connectivity index (χ1n) is 10.8. The number of hydrogen-bond donors (Lipinski definition) is 1. The van der Waals surface area contributed by atoms with Gasteiger partial charge in [-0.05, 0) is 73.5 Å². The van der Waals surface area contributed by atoms with E-state index in [1.54, 1.807) is 36.4 Å². The normalized spacial score (nSPS) is 16.7. The highest BCUT2D eigenvalue weighted by molar-refractivity contribution is 5.90. The van der Waals surface area contributed by atoms with Crippen LogP contribution >= 0.6 is 12.4 Å². The van der Waals surface area contributed by atoms with Crippen LogP contribution in [0.1, 0.15) is 34.8 Å². The zero-order valence-corrected chi connectivity index (χ0v) is 20.2. The number of carbonyl (C=O) groups excluding carboxylic acids is 2. The largest absolute Gasteiger partial charge is 0.469 e. The molecular weight excluding hydrogens is 478 g/mol. The molecule has 1 saturated heterocycles. The van der Waals surface area contributed by atoms with E-state index in [9.17, 15) is 18.4 Å². The molecule has 1 fully saturated rings. The van der Waals surface area contributed by atoms with Crippen molar-refractivity contribution in [3.8, 4) is 11.3 Å². The summed E-state index contributed by atoms with van der Waals surface area (Å²) in [5.41, 5.74) is 2.78. The molecule has 0 radical (unpaired) electrons. The lowest BCUT2D eigenvalue weighted by molar-refractivity contribution is -0.146. The van der Waals surface area contributed by atoms with Gasteiger partial charge in [-0.3, -0.25) is 9.78 Å². The molecule has 0 spiro atoms. The molecule has 35 heavy (non-hydrogen) atoms. The number of rotatable bonds is 4. The summed E-state index contributed by atoms with van der Waals surface area (Å²) in [4.78, 5) is 27.0. The summed E-state index contributed by atoms with van der Waals surface area (Å²) in [6.07, 6.45) is 3.02. The van der Waals surface area contributed by atoms with Gasteiger partial charge in [-0.25, -0.2) is 13.6 Å². The van der Waals surface area contributed by atoms with Gasteiger partial charge < -0.3 is 14.8 Å². The van der Waals surface area contributed by atoms with E-state index in [0.29, 0.717) is 17.7 Å². The monoisotopic (exact) mass is 504 g/mol. The molecule has 0 aliphatic carbocycles. The lowest BCUT2D eigenvalue weighted by Crippen LogP contribution is -2.35. The molecule has 0 amide bonds. The summed E-state index contributed by atoms with van der Waals surface area (Å²) in [6, 6.07) is 15.6. The Morgan fingerprint density at radius 1 is 0.943 bits per heavy atom. The number of nitrogens with one attached hydrogen (secondary N) is 1. The zero-order valence-electron chi connectivity index (χ0n) is 19.4. The maximum Gasteiger partial charge on any atom is 0.337 e. The smallest absolute Gasteiger partial charge is 0.337 e. The van der Waals surface area contributed by atoms with Crippen molar-refractivity contribution in [3.63, 3.8) is 0 Å². The van der Waals surface area contributed by atoms with Crippen LogP contribution in [0.2, 0.25) is 0 Å². The number of ether oxygens (including phenoxy) is 2. The lowest BCUT2D eigenvalue weighted by Gasteiger charge is -2.29. The van der Waals surface area contributed by atoms with Crippen LogP contribution in [0.4, 0.5) is 8.78 Å². The lowest BCUT2D eigenvalue weighted by atomic mass is 9.89. The molecule has 0 bridgehead atoms. The molecule has 3 aromatic rings. The second kappa shape index (κ2) is 13.5. The van der Waals surface area contributed by atoms with Gasteiger partial charge in [-0.2, -0.15) is 0 Å². The third-order valence-electron chi connectivity index (χ3n) is 5.53. The first kappa shape index (κ1) is 27.9. The van der Waals surface area contributed by atoms with Crippen LogP contribution in [0, 0.1) is 17.6 Å². The quantitative estimate of drug-likeness (QED) is 0.496. The summed E-state index contributed by atoms with van der Waals surface area (Å²) in [5, 5.41) is 3.33. The van der Waals surface area contributed by atoms with E-state index in [0.717, 1.165) is 24.1 Å². The van der Waals surface area contributed by atoms with Crippen molar-refractivity contribution in [2.45, 2.75) is 18.9 Å². The first-order valence-corrected chi connectivity index (χ1v) is 10.8. The molecule has 0 saturated carbocycles. The zero-order chi connectivity index (χ0) is 24.5. The third-order valence-corrected chi connectivity index (χ3v) is 5.53. The Balaban J connectivity index is 0.000000240. The van der Waals surface area contributed by atoms with Crippen LogP contribution in [0.15, 0.2) is 66.9 Å². The maximum atomic E-state index is 12.8. The first-order chi connectivity index (χ1) is 16.4. The van der Waals surface area contributed by atoms with Gasteiger partial charge in [0, 0.05) is 17.8 Å². The van der Waals surface area contributed by atoms with Crippen LogP contribution in [0.3, 0.4) is 0 Å². The summed E-state index contributed by atoms with van der Waals surface area (Å²) < 4.78 is 35.0. The summed E-state index contributed by atoms with van der Waals surface area (Å²) in [7, 11) is 2.73. The van der Waals surface area contributed by atoms with E-state index in [4.69, 9.17) is 4.74 Å². The standard InChI is InChI=1S/C13H16FNO2.C13H10FNO2.ClH/c2*1-17-13(16)10-6-7-15-12(8-10)9-2-4-11(14)5-3-9;/h2-5,10,12,15H,6-8H2,1H3;2-8H,1H3;1H. The Hall–Kier alpha value is -3.36. The van der Waals surface area contributed by atoms with Crippen molar-refractivity contribution in [1.82, 2.24) is 10.3 Å². The fourth-order valence-corrected chi connectivity index (χ4v) is 3.70. The van der Waals surface area contributed by atoms with Crippen LogP contribution in [-0.4, -0.2) is 37.7 Å². The molecule has 1 N–H and O–H groups in total.